The lowest BCUT2D eigenvalue weighted by molar-refractivity contribution is -0.142. The molecule has 0 unspecified atom stereocenters. The molecule has 6 nitrogen and oxygen atoms in total. The predicted octanol–water partition coefficient (Wildman–Crippen LogP) is 2.14. The molecular formula is C12H14F3N5O. The normalized spacial score (nSPS) is 13.9. The van der Waals surface area contributed by atoms with E-state index in [1.165, 1.54) is 0 Å². The van der Waals surface area contributed by atoms with E-state index in [-0.39, 0.29) is 22.7 Å². The van der Waals surface area contributed by atoms with Gasteiger partial charge in [-0.3, -0.25) is 0 Å². The minimum atomic E-state index is -4.60. The van der Waals surface area contributed by atoms with E-state index in [9.17, 15) is 13.2 Å². The Balaban J connectivity index is 2.88. The highest BCUT2D eigenvalue weighted by Gasteiger charge is 2.36. The van der Waals surface area contributed by atoms with Crippen molar-refractivity contribution in [2.45, 2.75) is 32.4 Å². The van der Waals surface area contributed by atoms with E-state index in [1.807, 2.05) is 0 Å². The molecule has 0 spiro atoms. The summed E-state index contributed by atoms with van der Waals surface area (Å²) in [7, 11) is 0. The fourth-order valence-electron chi connectivity index (χ4n) is 1.78. The van der Waals surface area contributed by atoms with Crippen molar-refractivity contribution in [3.05, 3.63) is 29.2 Å². The van der Waals surface area contributed by atoms with Crippen LogP contribution < -0.4 is 5.73 Å². The Kier molecular flexibility index (Phi) is 3.31. The van der Waals surface area contributed by atoms with Crippen molar-refractivity contribution in [1.29, 1.82) is 0 Å². The van der Waals surface area contributed by atoms with Crippen molar-refractivity contribution < 1.29 is 18.4 Å². The van der Waals surface area contributed by atoms with Crippen molar-refractivity contribution in [2.75, 3.05) is 0 Å². The highest BCUT2D eigenvalue weighted by molar-refractivity contribution is 6.02. The van der Waals surface area contributed by atoms with Gasteiger partial charge in [-0.1, -0.05) is 25.9 Å². The van der Waals surface area contributed by atoms with Crippen LogP contribution in [-0.2, 0) is 11.6 Å². The van der Waals surface area contributed by atoms with Crippen LogP contribution in [0.2, 0.25) is 0 Å². The number of alkyl halides is 3. The first-order chi connectivity index (χ1) is 9.55. The van der Waals surface area contributed by atoms with E-state index in [0.29, 0.717) is 4.52 Å². The van der Waals surface area contributed by atoms with E-state index in [2.05, 4.69) is 15.2 Å². The van der Waals surface area contributed by atoms with E-state index in [0.717, 1.165) is 12.3 Å². The lowest BCUT2D eigenvalue weighted by Crippen LogP contribution is -2.21. The van der Waals surface area contributed by atoms with Crippen molar-refractivity contribution >= 4 is 11.5 Å². The van der Waals surface area contributed by atoms with Crippen LogP contribution in [-0.4, -0.2) is 25.6 Å². The van der Waals surface area contributed by atoms with Gasteiger partial charge in [-0.05, 0) is 6.07 Å². The maximum absolute atomic E-state index is 13.2. The molecule has 0 atom stereocenters. The summed E-state index contributed by atoms with van der Waals surface area (Å²) in [6.07, 6.45) is -3.52. The molecule has 0 fully saturated rings. The summed E-state index contributed by atoms with van der Waals surface area (Å²) in [4.78, 5) is 4.18. The summed E-state index contributed by atoms with van der Waals surface area (Å²) >= 11 is 0. The summed E-state index contributed by atoms with van der Waals surface area (Å²) in [6, 6.07) is 0.954. The first-order valence-corrected chi connectivity index (χ1v) is 6.00. The lowest BCUT2D eigenvalue weighted by Gasteiger charge is -2.20. The molecule has 2 rings (SSSR count). The van der Waals surface area contributed by atoms with Crippen LogP contribution in [0.5, 0.6) is 0 Å². The zero-order valence-corrected chi connectivity index (χ0v) is 11.6. The van der Waals surface area contributed by atoms with Crippen LogP contribution in [0.25, 0.3) is 5.65 Å². The number of halogens is 3. The third-order valence-corrected chi connectivity index (χ3v) is 2.91. The molecule has 3 N–H and O–H groups in total. The Morgan fingerprint density at radius 1 is 1.33 bits per heavy atom. The molecule has 0 saturated carbocycles. The molecule has 0 saturated heterocycles. The van der Waals surface area contributed by atoms with Gasteiger partial charge in [0.05, 0.1) is 17.5 Å². The minimum Gasteiger partial charge on any atom is -0.409 e. The summed E-state index contributed by atoms with van der Waals surface area (Å²) in [5.74, 6) is -0.350. The predicted molar refractivity (Wildman–Crippen MR) is 69.2 cm³/mol. The second-order valence-electron chi connectivity index (χ2n) is 5.55. The molecule has 0 radical (unpaired) electrons. The average molecular weight is 301 g/mol. The Morgan fingerprint density at radius 2 is 1.95 bits per heavy atom. The minimum absolute atomic E-state index is 0.0362. The number of aromatic nitrogens is 3. The largest absolute Gasteiger partial charge is 0.433 e. The van der Waals surface area contributed by atoms with Gasteiger partial charge < -0.3 is 10.9 Å². The van der Waals surface area contributed by atoms with Crippen LogP contribution in [0.1, 0.15) is 37.7 Å². The summed E-state index contributed by atoms with van der Waals surface area (Å²) in [5.41, 5.74) is 4.04. The first kappa shape index (κ1) is 15.1. The number of hydrogen-bond donors (Lipinski definition) is 2. The maximum atomic E-state index is 13.2. The van der Waals surface area contributed by atoms with Crippen molar-refractivity contribution in [3.63, 3.8) is 0 Å². The van der Waals surface area contributed by atoms with Crippen molar-refractivity contribution in [2.24, 2.45) is 10.9 Å². The number of nitrogens with zero attached hydrogens (tertiary/aromatic N) is 4. The smallest absolute Gasteiger partial charge is 0.409 e. The highest BCUT2D eigenvalue weighted by atomic mass is 19.4. The molecule has 0 aliphatic heterocycles. The molecule has 2 aromatic rings. The first-order valence-electron chi connectivity index (χ1n) is 6.00. The molecule has 0 aromatic carbocycles. The Labute approximate surface area is 118 Å². The van der Waals surface area contributed by atoms with Gasteiger partial charge in [-0.25, -0.2) is 9.50 Å². The summed E-state index contributed by atoms with van der Waals surface area (Å²) < 4.78 is 40.2. The van der Waals surface area contributed by atoms with Gasteiger partial charge in [-0.2, -0.15) is 18.3 Å². The molecule has 0 aliphatic carbocycles. The Bertz CT molecular complexity index is 712. The zero-order valence-electron chi connectivity index (χ0n) is 11.6. The van der Waals surface area contributed by atoms with E-state index >= 15 is 0 Å². The van der Waals surface area contributed by atoms with Crippen molar-refractivity contribution in [3.8, 4) is 0 Å². The second kappa shape index (κ2) is 4.61. The number of hydrogen-bond acceptors (Lipinski definition) is 4. The molecule has 2 heterocycles. The molecule has 0 aliphatic rings. The van der Waals surface area contributed by atoms with Gasteiger partial charge in [0.1, 0.15) is 5.69 Å². The number of rotatable bonds is 1. The second-order valence-corrected chi connectivity index (χ2v) is 5.55. The molecule has 0 bridgehead atoms. The van der Waals surface area contributed by atoms with Gasteiger partial charge in [-0.15, -0.1) is 0 Å². The quantitative estimate of drug-likeness (QED) is 0.365. The van der Waals surface area contributed by atoms with Gasteiger partial charge in [0.2, 0.25) is 0 Å². The molecule has 2 aromatic heterocycles. The fraction of sp³-hybridized carbons (Fsp3) is 0.417. The molecule has 114 valence electrons. The molecule has 9 heteroatoms. The zero-order chi connectivity index (χ0) is 16.0. The van der Waals surface area contributed by atoms with Crippen LogP contribution >= 0.6 is 0 Å². The van der Waals surface area contributed by atoms with Gasteiger partial charge in [0, 0.05) is 5.41 Å². The molecule has 0 amide bonds. The van der Waals surface area contributed by atoms with Gasteiger partial charge in [0.25, 0.3) is 0 Å². The number of fused-ring (bicyclic) bond motifs is 1. The summed E-state index contributed by atoms with van der Waals surface area (Å²) in [6.45, 7) is 5.22. The van der Waals surface area contributed by atoms with E-state index in [1.54, 1.807) is 20.8 Å². The Morgan fingerprint density at radius 3 is 2.43 bits per heavy atom. The Hall–Kier alpha value is -2.32. The fourth-order valence-corrected chi connectivity index (χ4v) is 1.78. The van der Waals surface area contributed by atoms with Crippen LogP contribution in [0.15, 0.2) is 17.4 Å². The van der Waals surface area contributed by atoms with Crippen LogP contribution in [0.4, 0.5) is 13.2 Å². The van der Waals surface area contributed by atoms with Crippen LogP contribution in [0, 0.1) is 0 Å². The third kappa shape index (κ3) is 2.63. The molecular weight excluding hydrogens is 287 g/mol. The number of oxime groups is 1. The summed E-state index contributed by atoms with van der Waals surface area (Å²) in [5, 5.41) is 15.1. The molecule has 21 heavy (non-hydrogen) atoms. The maximum Gasteiger partial charge on any atom is 0.433 e. The lowest BCUT2D eigenvalue weighted by atomic mass is 9.91. The average Bonchev–Trinajstić information content (AvgIpc) is 2.78. The van der Waals surface area contributed by atoms with Gasteiger partial charge >= 0.3 is 6.18 Å². The highest BCUT2D eigenvalue weighted by Crippen LogP contribution is 2.32. The van der Waals surface area contributed by atoms with E-state index < -0.39 is 17.3 Å². The SMILES string of the molecule is CC(C)(C)c1cc(C(F)(F)F)n2ncc(/C(N)=N/O)c2n1. The standard InChI is InChI=1S/C12H14F3N5O/c1-11(2,3)7-4-8(12(13,14)15)20-10(18-7)6(5-17-20)9(16)19-21/h4-5,21H,1-3H3,(H2,16,19). The van der Waals surface area contributed by atoms with Crippen LogP contribution in [0.3, 0.4) is 0 Å². The van der Waals surface area contributed by atoms with Crippen molar-refractivity contribution in [1.82, 2.24) is 14.6 Å². The number of nitrogens with two attached hydrogens (primary N) is 1. The van der Waals surface area contributed by atoms with E-state index in [4.69, 9.17) is 10.9 Å². The van der Waals surface area contributed by atoms with Gasteiger partial charge in [0.15, 0.2) is 11.5 Å². The number of amidine groups is 1. The topological polar surface area (TPSA) is 88.8 Å². The third-order valence-electron chi connectivity index (χ3n) is 2.91. The monoisotopic (exact) mass is 301 g/mol.